The first-order valence-electron chi connectivity index (χ1n) is 6.78. The molecule has 3 aromatic rings. The number of aromatic nitrogens is 2. The van der Waals surface area contributed by atoms with Gasteiger partial charge >= 0.3 is 0 Å². The largest absolute Gasteiger partial charge is 0.496 e. The van der Waals surface area contributed by atoms with Gasteiger partial charge in [-0.2, -0.15) is 10.2 Å². The Hall–Kier alpha value is -2.86. The summed E-state index contributed by atoms with van der Waals surface area (Å²) in [6.07, 6.45) is 3.01. The van der Waals surface area contributed by atoms with Crippen LogP contribution in [-0.4, -0.2) is 23.5 Å². The van der Waals surface area contributed by atoms with E-state index in [1.165, 1.54) is 6.20 Å². The average Bonchev–Trinajstić information content (AvgIpc) is 2.58. The minimum absolute atomic E-state index is 0.00188. The smallest absolute Gasteiger partial charge is 0.285 e. The summed E-state index contributed by atoms with van der Waals surface area (Å²) in [5, 5.41) is 12.1. The lowest BCUT2D eigenvalue weighted by Gasteiger charge is -2.08. The summed E-state index contributed by atoms with van der Waals surface area (Å²) in [6.45, 7) is 0. The fourth-order valence-electron chi connectivity index (χ4n) is 2.21. The van der Waals surface area contributed by atoms with Crippen molar-refractivity contribution < 1.29 is 4.74 Å². The topological polar surface area (TPSA) is 79.4 Å². The number of ether oxygens (including phenoxy) is 1. The minimum atomic E-state index is -0.477. The lowest BCUT2D eigenvalue weighted by Crippen LogP contribution is -2.10. The van der Waals surface area contributed by atoms with Crippen molar-refractivity contribution in [2.75, 3.05) is 12.5 Å². The third kappa shape index (κ3) is 3.02. The quantitative estimate of drug-likeness (QED) is 0.570. The number of halogens is 1. The Labute approximate surface area is 136 Å². The van der Waals surface area contributed by atoms with Gasteiger partial charge in [0.15, 0.2) is 0 Å². The van der Waals surface area contributed by atoms with Gasteiger partial charge in [0.25, 0.3) is 5.56 Å². The van der Waals surface area contributed by atoms with E-state index in [4.69, 9.17) is 16.3 Å². The summed E-state index contributed by atoms with van der Waals surface area (Å²) in [7, 11) is 1.60. The number of aromatic amines is 1. The normalized spacial score (nSPS) is 11.0. The molecule has 1 aromatic heterocycles. The second-order valence-electron chi connectivity index (χ2n) is 4.70. The summed E-state index contributed by atoms with van der Waals surface area (Å²) in [6, 6.07) is 11.8. The molecule has 7 heteroatoms. The molecule has 116 valence electrons. The lowest BCUT2D eigenvalue weighted by atomic mass is 10.0. The summed E-state index contributed by atoms with van der Waals surface area (Å²) in [5.74, 6) is 0.699. The zero-order valence-corrected chi connectivity index (χ0v) is 13.0. The molecule has 0 saturated carbocycles. The van der Waals surface area contributed by atoms with Crippen molar-refractivity contribution in [3.63, 3.8) is 0 Å². The number of rotatable bonds is 4. The van der Waals surface area contributed by atoms with Gasteiger partial charge in [-0.15, -0.1) is 0 Å². The van der Waals surface area contributed by atoms with E-state index >= 15 is 0 Å². The summed E-state index contributed by atoms with van der Waals surface area (Å²) < 4.78 is 5.39. The molecule has 0 amide bonds. The van der Waals surface area contributed by atoms with Crippen molar-refractivity contribution in [2.45, 2.75) is 0 Å². The second kappa shape index (κ2) is 6.50. The van der Waals surface area contributed by atoms with Crippen LogP contribution in [0.4, 0.5) is 5.69 Å². The number of H-pyrrole nitrogens is 1. The number of methoxy groups -OCH3 is 1. The molecule has 0 aliphatic carbocycles. The Bertz CT molecular complexity index is 937. The maximum atomic E-state index is 11.4. The number of hydrazone groups is 1. The third-order valence-corrected chi connectivity index (χ3v) is 3.70. The fourth-order valence-corrected chi connectivity index (χ4v) is 2.35. The van der Waals surface area contributed by atoms with E-state index in [-0.39, 0.29) is 5.02 Å². The molecule has 3 rings (SSSR count). The lowest BCUT2D eigenvalue weighted by molar-refractivity contribution is 0.415. The highest BCUT2D eigenvalue weighted by atomic mass is 35.5. The van der Waals surface area contributed by atoms with Gasteiger partial charge in [0.2, 0.25) is 0 Å². The van der Waals surface area contributed by atoms with Crippen LogP contribution >= 0.6 is 11.6 Å². The van der Waals surface area contributed by atoms with Crippen LogP contribution in [0.5, 0.6) is 5.75 Å². The maximum Gasteiger partial charge on any atom is 0.285 e. The Kier molecular flexibility index (Phi) is 4.25. The number of fused-ring (bicyclic) bond motifs is 1. The van der Waals surface area contributed by atoms with Crippen LogP contribution in [0.1, 0.15) is 5.56 Å². The molecule has 0 saturated heterocycles. The Morgan fingerprint density at radius 1 is 1.30 bits per heavy atom. The van der Waals surface area contributed by atoms with Crippen LogP contribution in [0, 0.1) is 0 Å². The Balaban J connectivity index is 1.97. The van der Waals surface area contributed by atoms with Crippen LogP contribution in [-0.2, 0) is 0 Å². The first-order chi connectivity index (χ1) is 11.2. The molecular weight excluding hydrogens is 316 g/mol. The molecule has 6 nitrogen and oxygen atoms in total. The summed E-state index contributed by atoms with van der Waals surface area (Å²) in [5.41, 5.74) is 3.39. The van der Waals surface area contributed by atoms with E-state index < -0.39 is 5.56 Å². The molecule has 2 aromatic carbocycles. The van der Waals surface area contributed by atoms with Crippen molar-refractivity contribution in [1.29, 1.82) is 0 Å². The SMILES string of the molecule is COc1ccc2ccccc2c1/C=N/Nc1cn[nH]c(=O)c1Cl. The van der Waals surface area contributed by atoms with Gasteiger partial charge in [0.05, 0.1) is 19.5 Å². The first kappa shape index (κ1) is 15.1. The van der Waals surface area contributed by atoms with Gasteiger partial charge in [-0.1, -0.05) is 41.9 Å². The number of hydrogen-bond acceptors (Lipinski definition) is 5. The van der Waals surface area contributed by atoms with Crippen molar-refractivity contribution in [3.05, 3.63) is 63.5 Å². The van der Waals surface area contributed by atoms with Crippen molar-refractivity contribution in [1.82, 2.24) is 10.2 Å². The average molecular weight is 329 g/mol. The van der Waals surface area contributed by atoms with E-state index in [0.717, 1.165) is 16.3 Å². The highest BCUT2D eigenvalue weighted by molar-refractivity contribution is 6.32. The monoisotopic (exact) mass is 328 g/mol. The van der Waals surface area contributed by atoms with Gasteiger partial charge in [0, 0.05) is 5.56 Å². The molecule has 23 heavy (non-hydrogen) atoms. The predicted molar refractivity (Wildman–Crippen MR) is 91.6 cm³/mol. The molecule has 0 spiro atoms. The highest BCUT2D eigenvalue weighted by Crippen LogP contribution is 2.26. The van der Waals surface area contributed by atoms with Crippen LogP contribution in [0.2, 0.25) is 5.02 Å². The van der Waals surface area contributed by atoms with E-state index in [1.54, 1.807) is 13.3 Å². The number of benzene rings is 2. The first-order valence-corrected chi connectivity index (χ1v) is 7.16. The van der Waals surface area contributed by atoms with Crippen LogP contribution in [0.25, 0.3) is 10.8 Å². The molecule has 0 aliphatic rings. The van der Waals surface area contributed by atoms with Crippen molar-refractivity contribution in [2.24, 2.45) is 5.10 Å². The zero-order valence-electron chi connectivity index (χ0n) is 12.2. The molecular formula is C16H13ClN4O2. The van der Waals surface area contributed by atoms with Crippen LogP contribution in [0.15, 0.2) is 52.5 Å². The zero-order chi connectivity index (χ0) is 16.2. The molecule has 1 heterocycles. The minimum Gasteiger partial charge on any atom is -0.496 e. The number of nitrogens with zero attached hydrogens (tertiary/aromatic N) is 2. The highest BCUT2D eigenvalue weighted by Gasteiger charge is 2.07. The van der Waals surface area contributed by atoms with Gasteiger partial charge in [-0.3, -0.25) is 10.2 Å². The van der Waals surface area contributed by atoms with Gasteiger partial charge in [-0.25, -0.2) is 5.10 Å². The number of hydrogen-bond donors (Lipinski definition) is 2. The second-order valence-corrected chi connectivity index (χ2v) is 5.08. The Morgan fingerprint density at radius 2 is 2.13 bits per heavy atom. The van der Waals surface area contributed by atoms with Crippen molar-refractivity contribution in [3.8, 4) is 5.75 Å². The maximum absolute atomic E-state index is 11.4. The molecule has 0 aliphatic heterocycles. The van der Waals surface area contributed by atoms with E-state index in [2.05, 4.69) is 20.7 Å². The molecule has 0 unspecified atom stereocenters. The van der Waals surface area contributed by atoms with E-state index in [9.17, 15) is 4.79 Å². The number of nitrogens with one attached hydrogen (secondary N) is 2. The van der Waals surface area contributed by atoms with Crippen LogP contribution < -0.4 is 15.7 Å². The third-order valence-electron chi connectivity index (χ3n) is 3.32. The molecule has 0 atom stereocenters. The van der Waals surface area contributed by atoms with Gasteiger partial charge in [-0.05, 0) is 16.8 Å². The van der Waals surface area contributed by atoms with Crippen molar-refractivity contribution >= 4 is 34.3 Å². The van der Waals surface area contributed by atoms with Gasteiger partial charge in [0.1, 0.15) is 16.5 Å². The van der Waals surface area contributed by atoms with Gasteiger partial charge < -0.3 is 4.74 Å². The van der Waals surface area contributed by atoms with Crippen LogP contribution in [0.3, 0.4) is 0 Å². The van der Waals surface area contributed by atoms with E-state index in [1.807, 2.05) is 36.4 Å². The molecule has 0 fully saturated rings. The predicted octanol–water partition coefficient (Wildman–Crippen LogP) is 3.03. The fraction of sp³-hybridized carbons (Fsp3) is 0.0625. The Morgan fingerprint density at radius 3 is 2.96 bits per heavy atom. The number of anilines is 1. The molecule has 0 bridgehead atoms. The molecule has 0 radical (unpaired) electrons. The summed E-state index contributed by atoms with van der Waals surface area (Å²) >= 11 is 5.88. The molecule has 2 N–H and O–H groups in total. The summed E-state index contributed by atoms with van der Waals surface area (Å²) in [4.78, 5) is 11.4. The standard InChI is InChI=1S/C16H13ClN4O2/c1-23-14-7-6-10-4-2-3-5-11(10)12(14)8-18-20-13-9-19-21-16(22)15(13)17/h2-9H,1H3,(H2,20,21,22)/b18-8+. The van der Waals surface area contributed by atoms with E-state index in [0.29, 0.717) is 11.4 Å².